The Hall–Kier alpha value is -3.77. The van der Waals surface area contributed by atoms with E-state index in [1.54, 1.807) is 57.8 Å². The minimum absolute atomic E-state index is 0.145. The second kappa shape index (κ2) is 24.9. The molecular weight excluding hydrogens is 999 g/mol. The molecule has 77 heavy (non-hydrogen) atoms. The molecule has 4 aliphatic rings. The summed E-state index contributed by atoms with van der Waals surface area (Å²) >= 11 is 0. The van der Waals surface area contributed by atoms with Crippen molar-refractivity contribution >= 4 is 22.8 Å². The number of carbonyl (C=O) groups is 2. The molecular formula is C57H91N3O17. The molecule has 0 bridgehead atoms. The molecule has 18 atom stereocenters. The Balaban J connectivity index is 1.21. The Kier molecular flexibility index (Phi) is 20.2. The van der Waals surface area contributed by atoms with Crippen molar-refractivity contribution in [3.63, 3.8) is 0 Å². The molecule has 0 amide bonds. The molecule has 1 aromatic carbocycles. The van der Waals surface area contributed by atoms with E-state index in [9.17, 15) is 39.9 Å². The molecule has 20 nitrogen and oxygen atoms in total. The molecule has 20 heteroatoms. The highest BCUT2D eigenvalue weighted by molar-refractivity contribution is 5.95. The third-order valence-corrected chi connectivity index (χ3v) is 16.8. The highest BCUT2D eigenvalue weighted by Gasteiger charge is 2.53. The van der Waals surface area contributed by atoms with E-state index in [0.717, 1.165) is 5.56 Å². The van der Waals surface area contributed by atoms with Gasteiger partial charge in [0, 0.05) is 44.3 Å². The Labute approximate surface area is 454 Å². The molecule has 0 aliphatic carbocycles. The fourth-order valence-corrected chi connectivity index (χ4v) is 12.2. The number of carbonyl (C=O) groups excluding carboxylic acids is 1. The summed E-state index contributed by atoms with van der Waals surface area (Å²) in [6.07, 6.45) is -3.18. The normalized spacial score (nSPS) is 38.7. The van der Waals surface area contributed by atoms with E-state index in [0.29, 0.717) is 37.3 Å². The number of aliphatic hydroxyl groups excluding tert-OH is 2. The smallest absolute Gasteiger partial charge is 0.341 e. The summed E-state index contributed by atoms with van der Waals surface area (Å²) in [4.78, 5) is 43.8. The van der Waals surface area contributed by atoms with E-state index >= 15 is 0 Å². The second-order valence-corrected chi connectivity index (χ2v) is 24.1. The van der Waals surface area contributed by atoms with Crippen molar-refractivity contribution in [2.45, 2.75) is 211 Å². The third kappa shape index (κ3) is 13.7. The van der Waals surface area contributed by atoms with Gasteiger partial charge in [0.2, 0.25) is 5.43 Å². The molecule has 3 saturated heterocycles. The van der Waals surface area contributed by atoms with Crippen LogP contribution in [0.4, 0.5) is 0 Å². The van der Waals surface area contributed by atoms with Crippen LogP contribution in [-0.4, -0.2) is 197 Å². The predicted molar refractivity (Wildman–Crippen MR) is 287 cm³/mol. The van der Waals surface area contributed by atoms with E-state index in [4.69, 9.17) is 42.6 Å². The highest BCUT2D eigenvalue weighted by atomic mass is 16.7. The van der Waals surface area contributed by atoms with Gasteiger partial charge >= 0.3 is 11.9 Å². The minimum Gasteiger partial charge on any atom is -0.499 e. The summed E-state index contributed by atoms with van der Waals surface area (Å²) < 4.78 is 59.1. The van der Waals surface area contributed by atoms with Crippen molar-refractivity contribution in [3.8, 4) is 5.75 Å². The SMILES string of the molecule is CC[C@H]1OC(=O)[C@H](C)[C@@H](OC2C[C@@](C)(OC)[C@@H](OCCOC=CCc3cc4c5c(c3)c(=O)c(C(=O)O)cn5C(C)(C)CO4)[C@H](C)O2)[C@H](C)[C@@H](O[C@@H]2O[C@H](C)C[C@H](N(C)C)[C@H]2O)[C@](C)(O)C[C@@H](C)CN(C)[C@H](C)[C@H](O)[C@]1(C)O. The van der Waals surface area contributed by atoms with Gasteiger partial charge in [-0.25, -0.2) is 4.79 Å². The number of nitrogens with zero attached hydrogens (tertiary/aromatic N) is 3. The Morgan fingerprint density at radius 3 is 2.27 bits per heavy atom. The number of aromatic carboxylic acids is 1. The molecule has 5 heterocycles. The number of esters is 1. The van der Waals surface area contributed by atoms with Gasteiger partial charge in [-0.2, -0.15) is 0 Å². The summed E-state index contributed by atoms with van der Waals surface area (Å²) in [5.41, 5.74) is -4.61. The van der Waals surface area contributed by atoms with E-state index in [1.807, 2.05) is 85.5 Å². The van der Waals surface area contributed by atoms with Gasteiger partial charge in [-0.15, -0.1) is 0 Å². The average molecular weight is 1090 g/mol. The van der Waals surface area contributed by atoms with Crippen molar-refractivity contribution < 1.29 is 77.8 Å². The van der Waals surface area contributed by atoms with Crippen LogP contribution >= 0.6 is 0 Å². The molecule has 0 spiro atoms. The van der Waals surface area contributed by atoms with Gasteiger partial charge in [-0.1, -0.05) is 20.8 Å². The molecule has 3 fully saturated rings. The standard InChI is InChI=1S/C57H91N3O17/c1-17-42-57(12,68)48(63)35(6)59(15)28-31(2)26-55(10,67)49(77-53-46(62)40(58(13)14)23-32(3)73-53)33(4)47(34(5)52(66)75-42)76-43-27-56(11,69-16)50(36(7)74-43)71-22-21-70-20-18-19-37-24-38-44-41(25-37)72-30-54(8,9)60(44)29-39(45(38)61)51(64)65/h18,20,24-25,29,31-36,40,42-43,46-50,53,62-63,67-68H,17,19,21-23,26-28,30H2,1-16H3,(H,64,65)/t31-,32-,33+,34-,35-,36+,40+,42-,43?,46-,47+,48+,49-,50+,53+,55-,56-,57-/m1/s1. The Morgan fingerprint density at radius 1 is 0.948 bits per heavy atom. The zero-order chi connectivity index (χ0) is 57.3. The predicted octanol–water partition coefficient (Wildman–Crippen LogP) is 4.84. The van der Waals surface area contributed by atoms with Crippen LogP contribution in [0.2, 0.25) is 0 Å². The fraction of sp³-hybridized carbons (Fsp3) is 0.772. The summed E-state index contributed by atoms with van der Waals surface area (Å²) in [5, 5.41) is 58.2. The summed E-state index contributed by atoms with van der Waals surface area (Å²) in [5.74, 6) is -3.56. The molecule has 1 aromatic heterocycles. The topological polar surface area (TPSA) is 247 Å². The van der Waals surface area contributed by atoms with Crippen LogP contribution in [0.3, 0.4) is 0 Å². The van der Waals surface area contributed by atoms with Gasteiger partial charge in [0.05, 0.1) is 70.8 Å². The molecule has 436 valence electrons. The largest absolute Gasteiger partial charge is 0.499 e. The zero-order valence-corrected chi connectivity index (χ0v) is 48.4. The number of cyclic esters (lactones) is 1. The number of methoxy groups -OCH3 is 1. The van der Waals surface area contributed by atoms with Crippen molar-refractivity contribution in [2.75, 3.05) is 54.6 Å². The van der Waals surface area contributed by atoms with Crippen molar-refractivity contribution in [3.05, 3.63) is 52.0 Å². The number of carboxylic acid groups (broad SMARTS) is 1. The Morgan fingerprint density at radius 2 is 1.64 bits per heavy atom. The molecule has 0 radical (unpaired) electrons. The maximum absolute atomic E-state index is 14.6. The number of likely N-dealkylation sites (N-methyl/N-ethyl adjacent to an activating group) is 2. The average Bonchev–Trinajstić information content (AvgIpc) is 3.35. The van der Waals surface area contributed by atoms with Crippen molar-refractivity contribution in [2.24, 2.45) is 17.8 Å². The van der Waals surface area contributed by atoms with E-state index in [-0.39, 0.29) is 61.5 Å². The highest BCUT2D eigenvalue weighted by Crippen LogP contribution is 2.42. The number of carboxylic acids is 1. The number of pyridine rings is 1. The van der Waals surface area contributed by atoms with Crippen LogP contribution < -0.4 is 10.2 Å². The van der Waals surface area contributed by atoms with Crippen LogP contribution in [0.1, 0.15) is 125 Å². The van der Waals surface area contributed by atoms with E-state index < -0.39 is 113 Å². The van der Waals surface area contributed by atoms with Crippen molar-refractivity contribution in [1.29, 1.82) is 0 Å². The maximum Gasteiger partial charge on any atom is 0.341 e. The minimum atomic E-state index is -1.85. The van der Waals surface area contributed by atoms with Gasteiger partial charge in [0.25, 0.3) is 0 Å². The van der Waals surface area contributed by atoms with E-state index in [1.165, 1.54) is 13.1 Å². The van der Waals surface area contributed by atoms with Crippen LogP contribution in [0.15, 0.2) is 35.5 Å². The number of rotatable bonds is 15. The molecule has 1 unspecified atom stereocenters. The molecule has 5 N–H and O–H groups in total. The summed E-state index contributed by atoms with van der Waals surface area (Å²) in [7, 11) is 7.17. The number of ether oxygens (including phenoxy) is 9. The first-order chi connectivity index (χ1) is 35.9. The first-order valence-electron chi connectivity index (χ1n) is 27.4. The van der Waals surface area contributed by atoms with Gasteiger partial charge < -0.3 is 82.5 Å². The van der Waals surface area contributed by atoms with Gasteiger partial charge in [0.15, 0.2) is 12.6 Å². The van der Waals surface area contributed by atoms with Gasteiger partial charge in [0.1, 0.15) is 54.5 Å². The number of benzene rings is 1. The molecule has 0 saturated carbocycles. The lowest BCUT2D eigenvalue weighted by atomic mass is 9.77. The number of hydrogen-bond donors (Lipinski definition) is 5. The lowest BCUT2D eigenvalue weighted by molar-refractivity contribution is -0.321. The second-order valence-electron chi connectivity index (χ2n) is 24.1. The summed E-state index contributed by atoms with van der Waals surface area (Å²) in [6.45, 7) is 22.7. The zero-order valence-electron chi connectivity index (χ0n) is 48.4. The van der Waals surface area contributed by atoms with Crippen LogP contribution in [0, 0.1) is 17.8 Å². The quantitative estimate of drug-likeness (QED) is 0.0910. The van der Waals surface area contributed by atoms with Gasteiger partial charge in [-0.05, 0) is 139 Å². The number of aliphatic hydroxyl groups is 4. The lowest BCUT2D eigenvalue weighted by Gasteiger charge is -2.49. The maximum atomic E-state index is 14.6. The first kappa shape index (κ1) is 62.4. The summed E-state index contributed by atoms with van der Waals surface area (Å²) in [6, 6.07) is 2.66. The van der Waals surface area contributed by atoms with Crippen LogP contribution in [0.25, 0.3) is 10.9 Å². The number of aromatic nitrogens is 1. The first-order valence-corrected chi connectivity index (χ1v) is 27.4. The lowest BCUT2D eigenvalue weighted by Crippen LogP contribution is -2.61. The van der Waals surface area contributed by atoms with Crippen LogP contribution in [-0.2, 0) is 54.6 Å². The molecule has 4 aliphatic heterocycles. The molecule has 2 aromatic rings. The monoisotopic (exact) mass is 1090 g/mol. The van der Waals surface area contributed by atoms with Crippen LogP contribution in [0.5, 0.6) is 5.75 Å². The van der Waals surface area contributed by atoms with E-state index in [2.05, 4.69) is 0 Å². The van der Waals surface area contributed by atoms with Crippen molar-refractivity contribution in [1.82, 2.24) is 14.4 Å². The number of allylic oxidation sites excluding steroid dienone is 1. The molecule has 6 rings (SSSR count). The third-order valence-electron chi connectivity index (χ3n) is 16.8. The fourth-order valence-electron chi connectivity index (χ4n) is 12.2. The van der Waals surface area contributed by atoms with Gasteiger partial charge in [-0.3, -0.25) is 9.59 Å². The number of hydrogen-bond acceptors (Lipinski definition) is 18. The Bertz CT molecular complexity index is 2430.